The molecule has 168 valence electrons. The molecule has 3 aromatic heterocycles. The molecule has 1 amide bonds. The number of fused-ring (bicyclic) bond motifs is 1. The van der Waals surface area contributed by atoms with Crippen LogP contribution >= 0.6 is 0 Å². The van der Waals surface area contributed by atoms with Gasteiger partial charge >= 0.3 is 0 Å². The lowest BCUT2D eigenvalue weighted by Crippen LogP contribution is -2.36. The number of nitrogens with zero attached hydrogens (tertiary/aromatic N) is 5. The third-order valence-corrected chi connectivity index (χ3v) is 5.88. The van der Waals surface area contributed by atoms with Crippen LogP contribution in [-0.2, 0) is 18.3 Å². The Morgan fingerprint density at radius 2 is 1.91 bits per heavy atom. The van der Waals surface area contributed by atoms with Crippen LogP contribution in [0.5, 0.6) is 0 Å². The second kappa shape index (κ2) is 8.99. The van der Waals surface area contributed by atoms with Crippen LogP contribution in [0.15, 0.2) is 54.7 Å². The van der Waals surface area contributed by atoms with Crippen LogP contribution in [0.1, 0.15) is 21.6 Å². The molecule has 0 unspecified atom stereocenters. The summed E-state index contributed by atoms with van der Waals surface area (Å²) in [4.78, 5) is 24.8. The topological polar surface area (TPSA) is 85.2 Å². The molecular weight excluding hydrogens is 416 g/mol. The standard InChI is InChI=1S/C25H26N6O2/c1-17-23-20(15-21(19-6-4-3-5-7-19)28-24(23)30(2)29-17)25(32)27-16-18-8-9-26-22(14-18)31-10-12-33-13-11-31/h3-9,14-15H,10-13,16H2,1-2H3,(H,27,32). The molecule has 0 atom stereocenters. The van der Waals surface area contributed by atoms with Crippen molar-refractivity contribution in [1.82, 2.24) is 25.1 Å². The van der Waals surface area contributed by atoms with Gasteiger partial charge in [-0.05, 0) is 30.7 Å². The van der Waals surface area contributed by atoms with E-state index in [2.05, 4.69) is 20.3 Å². The Kier molecular flexibility index (Phi) is 5.75. The van der Waals surface area contributed by atoms with Crippen LogP contribution in [0, 0.1) is 6.92 Å². The molecule has 0 bridgehead atoms. The maximum Gasteiger partial charge on any atom is 0.252 e. The molecule has 8 heteroatoms. The van der Waals surface area contributed by atoms with Crippen LogP contribution in [0.3, 0.4) is 0 Å². The molecule has 1 aliphatic heterocycles. The second-order valence-electron chi connectivity index (χ2n) is 8.13. The van der Waals surface area contributed by atoms with Gasteiger partial charge in [-0.3, -0.25) is 9.48 Å². The van der Waals surface area contributed by atoms with Crippen LogP contribution in [0.25, 0.3) is 22.3 Å². The number of carbonyl (C=O) groups excluding carboxylic acids is 1. The quantitative estimate of drug-likeness (QED) is 0.511. The van der Waals surface area contributed by atoms with Gasteiger partial charge in [0.25, 0.3) is 5.91 Å². The highest BCUT2D eigenvalue weighted by Crippen LogP contribution is 2.27. The van der Waals surface area contributed by atoms with Crippen molar-refractivity contribution < 1.29 is 9.53 Å². The normalized spacial score (nSPS) is 13.9. The minimum atomic E-state index is -0.152. The van der Waals surface area contributed by atoms with E-state index in [4.69, 9.17) is 9.72 Å². The van der Waals surface area contributed by atoms with Crippen molar-refractivity contribution in [1.29, 1.82) is 0 Å². The van der Waals surface area contributed by atoms with Gasteiger partial charge in [-0.15, -0.1) is 0 Å². The fourth-order valence-electron chi connectivity index (χ4n) is 4.19. The number of nitrogens with one attached hydrogen (secondary N) is 1. The fraction of sp³-hybridized carbons (Fsp3) is 0.280. The van der Waals surface area contributed by atoms with E-state index in [-0.39, 0.29) is 5.91 Å². The number of hydrogen-bond donors (Lipinski definition) is 1. The van der Waals surface area contributed by atoms with Crippen molar-refractivity contribution in [2.75, 3.05) is 31.2 Å². The number of pyridine rings is 2. The smallest absolute Gasteiger partial charge is 0.252 e. The van der Waals surface area contributed by atoms with Crippen LogP contribution in [-0.4, -0.2) is 52.0 Å². The summed E-state index contributed by atoms with van der Waals surface area (Å²) in [7, 11) is 1.85. The van der Waals surface area contributed by atoms with E-state index in [0.717, 1.165) is 46.8 Å². The van der Waals surface area contributed by atoms with Crippen molar-refractivity contribution in [3.63, 3.8) is 0 Å². The van der Waals surface area contributed by atoms with Gasteiger partial charge in [0.05, 0.1) is 35.6 Å². The average Bonchev–Trinajstić information content (AvgIpc) is 3.16. The molecular formula is C25H26N6O2. The molecule has 0 aliphatic carbocycles. The molecule has 4 heterocycles. The lowest BCUT2D eigenvalue weighted by molar-refractivity contribution is 0.0952. The van der Waals surface area contributed by atoms with Gasteiger partial charge in [0.2, 0.25) is 0 Å². The van der Waals surface area contributed by atoms with E-state index in [1.54, 1.807) is 10.9 Å². The first kappa shape index (κ1) is 21.1. The number of anilines is 1. The Hall–Kier alpha value is -3.78. The van der Waals surface area contributed by atoms with E-state index < -0.39 is 0 Å². The minimum Gasteiger partial charge on any atom is -0.378 e. The summed E-state index contributed by atoms with van der Waals surface area (Å²) in [5.74, 6) is 0.756. The van der Waals surface area contributed by atoms with Gasteiger partial charge < -0.3 is 15.0 Å². The van der Waals surface area contributed by atoms with Gasteiger partial charge in [-0.1, -0.05) is 30.3 Å². The third-order valence-electron chi connectivity index (χ3n) is 5.88. The van der Waals surface area contributed by atoms with Gasteiger partial charge in [-0.25, -0.2) is 9.97 Å². The molecule has 1 aromatic carbocycles. The number of aryl methyl sites for hydroxylation is 2. The highest BCUT2D eigenvalue weighted by molar-refractivity contribution is 6.07. The monoisotopic (exact) mass is 442 g/mol. The first-order valence-corrected chi connectivity index (χ1v) is 11.1. The molecule has 4 aromatic rings. The molecule has 1 aliphatic rings. The summed E-state index contributed by atoms with van der Waals surface area (Å²) in [6.45, 7) is 5.35. The minimum absolute atomic E-state index is 0.152. The number of rotatable bonds is 5. The van der Waals surface area contributed by atoms with Gasteiger partial charge in [0.1, 0.15) is 5.82 Å². The number of benzene rings is 1. The Morgan fingerprint density at radius 3 is 2.70 bits per heavy atom. The SMILES string of the molecule is Cc1nn(C)c2nc(-c3ccccc3)cc(C(=O)NCc3ccnc(N4CCOCC4)c3)c12. The molecule has 33 heavy (non-hydrogen) atoms. The van der Waals surface area contributed by atoms with E-state index >= 15 is 0 Å². The fourth-order valence-corrected chi connectivity index (χ4v) is 4.19. The first-order valence-electron chi connectivity index (χ1n) is 11.1. The molecule has 8 nitrogen and oxygen atoms in total. The van der Waals surface area contributed by atoms with E-state index in [1.807, 2.05) is 62.5 Å². The van der Waals surface area contributed by atoms with E-state index in [0.29, 0.717) is 31.0 Å². The van der Waals surface area contributed by atoms with Crippen molar-refractivity contribution in [2.24, 2.45) is 7.05 Å². The molecule has 0 spiro atoms. The number of hydrogen-bond acceptors (Lipinski definition) is 6. The Labute approximate surface area is 192 Å². The third kappa shape index (κ3) is 4.29. The number of carbonyl (C=O) groups is 1. The summed E-state index contributed by atoms with van der Waals surface area (Å²) in [5, 5.41) is 8.35. The summed E-state index contributed by atoms with van der Waals surface area (Å²) in [6.07, 6.45) is 1.79. The molecule has 1 N–H and O–H groups in total. The maximum absolute atomic E-state index is 13.3. The zero-order valence-corrected chi connectivity index (χ0v) is 18.8. The van der Waals surface area contributed by atoms with Gasteiger partial charge in [0.15, 0.2) is 5.65 Å². The second-order valence-corrected chi connectivity index (χ2v) is 8.13. The van der Waals surface area contributed by atoms with Crippen molar-refractivity contribution >= 4 is 22.8 Å². The van der Waals surface area contributed by atoms with Gasteiger partial charge in [0, 0.05) is 38.4 Å². The Bertz CT molecular complexity index is 1300. The summed E-state index contributed by atoms with van der Waals surface area (Å²) >= 11 is 0. The van der Waals surface area contributed by atoms with Crippen molar-refractivity contribution in [3.8, 4) is 11.3 Å². The van der Waals surface area contributed by atoms with Crippen molar-refractivity contribution in [3.05, 3.63) is 71.5 Å². The lowest BCUT2D eigenvalue weighted by Gasteiger charge is -2.28. The van der Waals surface area contributed by atoms with Crippen molar-refractivity contribution in [2.45, 2.75) is 13.5 Å². The molecule has 1 saturated heterocycles. The zero-order chi connectivity index (χ0) is 22.8. The summed E-state index contributed by atoms with van der Waals surface area (Å²) in [6, 6.07) is 15.7. The van der Waals surface area contributed by atoms with E-state index in [9.17, 15) is 4.79 Å². The lowest BCUT2D eigenvalue weighted by atomic mass is 10.0. The Balaban J connectivity index is 1.43. The largest absolute Gasteiger partial charge is 0.378 e. The number of ether oxygens (including phenoxy) is 1. The predicted molar refractivity (Wildman–Crippen MR) is 127 cm³/mol. The summed E-state index contributed by atoms with van der Waals surface area (Å²) in [5.41, 5.74) is 4.75. The highest BCUT2D eigenvalue weighted by Gasteiger charge is 2.19. The number of aromatic nitrogens is 4. The Morgan fingerprint density at radius 1 is 1.12 bits per heavy atom. The maximum atomic E-state index is 13.3. The molecule has 1 fully saturated rings. The predicted octanol–water partition coefficient (Wildman–Crippen LogP) is 3.11. The van der Waals surface area contributed by atoms with Crippen LogP contribution < -0.4 is 10.2 Å². The molecule has 0 saturated carbocycles. The number of morpholine rings is 1. The van der Waals surface area contributed by atoms with Gasteiger partial charge in [-0.2, -0.15) is 5.10 Å². The number of amides is 1. The zero-order valence-electron chi connectivity index (χ0n) is 18.8. The molecule has 0 radical (unpaired) electrons. The first-order chi connectivity index (χ1) is 16.1. The van der Waals surface area contributed by atoms with Crippen LogP contribution in [0.2, 0.25) is 0 Å². The van der Waals surface area contributed by atoms with Crippen LogP contribution in [0.4, 0.5) is 5.82 Å². The molecule has 5 rings (SSSR count). The highest BCUT2D eigenvalue weighted by atomic mass is 16.5. The average molecular weight is 443 g/mol. The summed E-state index contributed by atoms with van der Waals surface area (Å²) < 4.78 is 7.16. The van der Waals surface area contributed by atoms with E-state index in [1.165, 1.54) is 0 Å².